The molecular formula is C28H31N3O4S2. The van der Waals surface area contributed by atoms with E-state index in [9.17, 15) is 14.7 Å². The second-order valence-corrected chi connectivity index (χ2v) is 10.4. The van der Waals surface area contributed by atoms with Gasteiger partial charge in [0.05, 0.1) is 28.5 Å². The Kier molecular flexibility index (Phi) is 8.24. The Balaban J connectivity index is 1.88. The van der Waals surface area contributed by atoms with Crippen molar-refractivity contribution in [1.82, 2.24) is 4.57 Å². The molecule has 1 aromatic heterocycles. The molecular weight excluding hydrogens is 506 g/mol. The number of nitrogens with zero attached hydrogens (tertiary/aromatic N) is 3. The Morgan fingerprint density at radius 1 is 1.19 bits per heavy atom. The quantitative estimate of drug-likeness (QED) is 0.345. The smallest absolute Gasteiger partial charge is 0.338 e. The second-order valence-electron chi connectivity index (χ2n) is 8.49. The van der Waals surface area contributed by atoms with Gasteiger partial charge in [0.25, 0.3) is 5.56 Å². The summed E-state index contributed by atoms with van der Waals surface area (Å²) in [5.74, 6) is -0.385. The van der Waals surface area contributed by atoms with E-state index in [2.05, 4.69) is 23.7 Å². The second kappa shape index (κ2) is 11.4. The number of carbonyl (C=O) groups excluding carboxylic acids is 1. The van der Waals surface area contributed by atoms with Crippen molar-refractivity contribution in [2.24, 2.45) is 4.99 Å². The first-order chi connectivity index (χ1) is 17.8. The number of carbonyl (C=O) groups is 1. The van der Waals surface area contributed by atoms with Gasteiger partial charge in [-0.15, -0.1) is 11.8 Å². The number of allylic oxidation sites excluding steroid dienone is 1. The molecule has 3 aromatic rings. The van der Waals surface area contributed by atoms with Crippen molar-refractivity contribution >= 4 is 40.8 Å². The molecule has 9 heteroatoms. The summed E-state index contributed by atoms with van der Waals surface area (Å²) in [7, 11) is 0. The Hall–Kier alpha value is -3.30. The number of anilines is 1. The summed E-state index contributed by atoms with van der Waals surface area (Å²) in [6, 6.07) is 12.6. The fourth-order valence-electron chi connectivity index (χ4n) is 4.47. The van der Waals surface area contributed by atoms with E-state index in [0.717, 1.165) is 29.2 Å². The highest BCUT2D eigenvalue weighted by molar-refractivity contribution is 7.98. The van der Waals surface area contributed by atoms with E-state index in [4.69, 9.17) is 4.74 Å². The number of ether oxygens (including phenoxy) is 1. The van der Waals surface area contributed by atoms with Crippen LogP contribution in [-0.4, -0.2) is 41.6 Å². The van der Waals surface area contributed by atoms with Crippen molar-refractivity contribution in [1.29, 1.82) is 0 Å². The number of benzene rings is 2. The largest absolute Gasteiger partial charge is 0.507 e. The molecule has 37 heavy (non-hydrogen) atoms. The minimum atomic E-state index is -0.660. The molecule has 2 aromatic carbocycles. The predicted octanol–water partition coefficient (Wildman–Crippen LogP) is 4.07. The van der Waals surface area contributed by atoms with Crippen molar-refractivity contribution in [2.75, 3.05) is 30.9 Å². The maximum Gasteiger partial charge on any atom is 0.338 e. The highest BCUT2D eigenvalue weighted by atomic mass is 32.2. The molecule has 2 heterocycles. The number of rotatable bonds is 8. The first-order valence-electron chi connectivity index (χ1n) is 12.2. The molecule has 7 nitrogen and oxygen atoms in total. The van der Waals surface area contributed by atoms with Gasteiger partial charge in [0.15, 0.2) is 4.80 Å². The molecule has 4 rings (SSSR count). The van der Waals surface area contributed by atoms with Gasteiger partial charge in [-0.3, -0.25) is 9.36 Å². The van der Waals surface area contributed by atoms with Crippen LogP contribution in [0.2, 0.25) is 0 Å². The van der Waals surface area contributed by atoms with E-state index < -0.39 is 12.0 Å². The zero-order valence-corrected chi connectivity index (χ0v) is 23.3. The van der Waals surface area contributed by atoms with E-state index in [1.807, 2.05) is 42.7 Å². The molecule has 0 fully saturated rings. The third-order valence-corrected chi connectivity index (χ3v) is 8.10. The van der Waals surface area contributed by atoms with E-state index in [1.165, 1.54) is 11.3 Å². The summed E-state index contributed by atoms with van der Waals surface area (Å²) < 4.78 is 7.34. The summed E-state index contributed by atoms with van der Waals surface area (Å²) in [5, 5.41) is 10.7. The van der Waals surface area contributed by atoms with Crippen LogP contribution >= 0.6 is 23.1 Å². The third-order valence-electron chi connectivity index (χ3n) is 6.38. The SMILES string of the molecule is CCOC(=O)C1=C(C)N=c2s/c(=C\c3ccc(N(CC)CC)cc3O)c(=O)n2[C@H]1c1ccc(SC)cc1. The monoisotopic (exact) mass is 537 g/mol. The fraction of sp³-hybridized carbons (Fsp3) is 0.321. The van der Waals surface area contributed by atoms with Crippen molar-refractivity contribution in [3.05, 3.63) is 84.5 Å². The minimum absolute atomic E-state index is 0.0998. The summed E-state index contributed by atoms with van der Waals surface area (Å²) in [6.45, 7) is 9.52. The van der Waals surface area contributed by atoms with E-state index in [0.29, 0.717) is 26.2 Å². The molecule has 0 unspecified atom stereocenters. The van der Waals surface area contributed by atoms with E-state index in [-0.39, 0.29) is 17.9 Å². The van der Waals surface area contributed by atoms with Crippen LogP contribution in [0.4, 0.5) is 5.69 Å². The van der Waals surface area contributed by atoms with Crippen molar-refractivity contribution in [3.63, 3.8) is 0 Å². The molecule has 1 aliphatic rings. The maximum absolute atomic E-state index is 13.8. The van der Waals surface area contributed by atoms with Crippen molar-refractivity contribution in [3.8, 4) is 5.75 Å². The number of hydrogen-bond acceptors (Lipinski definition) is 8. The number of esters is 1. The normalized spacial score (nSPS) is 15.4. The van der Waals surface area contributed by atoms with Crippen LogP contribution in [0, 0.1) is 0 Å². The molecule has 0 saturated carbocycles. The van der Waals surface area contributed by atoms with Crippen molar-refractivity contribution < 1.29 is 14.6 Å². The Labute approximate surface area is 224 Å². The Bertz CT molecular complexity index is 1520. The highest BCUT2D eigenvalue weighted by Crippen LogP contribution is 2.32. The standard InChI is InChI=1S/C28H31N3O4S2/c1-6-30(7-2)20-12-9-19(22(32)16-20)15-23-26(33)31-25(18-10-13-21(36-5)14-11-18)24(27(34)35-8-3)17(4)29-28(31)37-23/h9-16,25,32H,6-8H2,1-5H3/b23-15-/t25-/m0/s1. The molecule has 0 spiro atoms. The predicted molar refractivity (Wildman–Crippen MR) is 150 cm³/mol. The number of thiazole rings is 1. The van der Waals surface area contributed by atoms with Gasteiger partial charge in [0.2, 0.25) is 0 Å². The van der Waals surface area contributed by atoms with Crippen LogP contribution in [0.3, 0.4) is 0 Å². The van der Waals surface area contributed by atoms with Gasteiger partial charge in [0.1, 0.15) is 5.75 Å². The molecule has 194 valence electrons. The minimum Gasteiger partial charge on any atom is -0.507 e. The molecule has 1 atom stereocenters. The number of hydrogen-bond donors (Lipinski definition) is 1. The van der Waals surface area contributed by atoms with Crippen LogP contribution in [0.5, 0.6) is 5.75 Å². The third kappa shape index (κ3) is 5.24. The first-order valence-corrected chi connectivity index (χ1v) is 14.3. The van der Waals surface area contributed by atoms with Gasteiger partial charge in [-0.2, -0.15) is 0 Å². The lowest BCUT2D eigenvalue weighted by Crippen LogP contribution is -2.39. The van der Waals surface area contributed by atoms with E-state index >= 15 is 0 Å². The number of phenols is 1. The maximum atomic E-state index is 13.8. The van der Waals surface area contributed by atoms with Gasteiger partial charge in [-0.25, -0.2) is 9.79 Å². The molecule has 1 N–H and O–H groups in total. The number of aromatic hydroxyl groups is 1. The summed E-state index contributed by atoms with van der Waals surface area (Å²) in [5.41, 5.74) is 2.87. The fourth-order valence-corrected chi connectivity index (χ4v) is 5.92. The summed E-state index contributed by atoms with van der Waals surface area (Å²) >= 11 is 2.86. The molecule has 1 aliphatic heterocycles. The van der Waals surface area contributed by atoms with Gasteiger partial charge in [-0.1, -0.05) is 23.5 Å². The van der Waals surface area contributed by atoms with Crippen LogP contribution in [0.15, 0.2) is 68.4 Å². The average molecular weight is 538 g/mol. The van der Waals surface area contributed by atoms with Crippen LogP contribution in [0.1, 0.15) is 44.9 Å². The number of fused-ring (bicyclic) bond motifs is 1. The molecule has 0 radical (unpaired) electrons. The van der Waals surface area contributed by atoms with Gasteiger partial charge in [-0.05, 0) is 69.9 Å². The lowest BCUT2D eigenvalue weighted by molar-refractivity contribution is -0.139. The Morgan fingerprint density at radius 2 is 1.89 bits per heavy atom. The molecule has 0 bridgehead atoms. The highest BCUT2D eigenvalue weighted by Gasteiger charge is 2.33. The van der Waals surface area contributed by atoms with Crippen molar-refractivity contribution in [2.45, 2.75) is 38.6 Å². The van der Waals surface area contributed by atoms with E-state index in [1.54, 1.807) is 42.3 Å². The van der Waals surface area contributed by atoms with Gasteiger partial charge < -0.3 is 14.7 Å². The molecule has 0 aliphatic carbocycles. The van der Waals surface area contributed by atoms with Crippen LogP contribution < -0.4 is 19.8 Å². The first kappa shape index (κ1) is 26.8. The van der Waals surface area contributed by atoms with Crippen LogP contribution in [0.25, 0.3) is 6.08 Å². The topological polar surface area (TPSA) is 84.1 Å². The number of aromatic nitrogens is 1. The zero-order valence-electron chi connectivity index (χ0n) is 21.6. The molecule has 0 saturated heterocycles. The summed E-state index contributed by atoms with van der Waals surface area (Å²) in [4.78, 5) is 35.1. The molecule has 0 amide bonds. The van der Waals surface area contributed by atoms with Gasteiger partial charge >= 0.3 is 5.97 Å². The lowest BCUT2D eigenvalue weighted by atomic mass is 9.96. The zero-order chi connectivity index (χ0) is 26.7. The van der Waals surface area contributed by atoms with Crippen LogP contribution in [-0.2, 0) is 9.53 Å². The number of thioether (sulfide) groups is 1. The Morgan fingerprint density at radius 3 is 2.49 bits per heavy atom. The average Bonchev–Trinajstić information content (AvgIpc) is 3.19. The lowest BCUT2D eigenvalue weighted by Gasteiger charge is -2.24. The summed E-state index contributed by atoms with van der Waals surface area (Å²) in [6.07, 6.45) is 3.68. The number of phenolic OH excluding ortho intramolecular Hbond substituents is 1. The van der Waals surface area contributed by atoms with Gasteiger partial charge in [0, 0.05) is 35.3 Å².